The van der Waals surface area contributed by atoms with Crippen molar-refractivity contribution in [1.29, 1.82) is 0 Å². The molecule has 0 aromatic heterocycles. The molecule has 0 spiro atoms. The molecule has 4 heteroatoms. The van der Waals surface area contributed by atoms with Crippen LogP contribution in [0, 0.1) is 0 Å². The molecule has 2 aromatic carbocycles. The largest absolute Gasteiger partial charge is 0.497 e. The van der Waals surface area contributed by atoms with Gasteiger partial charge >= 0.3 is 0 Å². The Morgan fingerprint density at radius 1 is 1.04 bits per heavy atom. The van der Waals surface area contributed by atoms with Gasteiger partial charge in [-0.25, -0.2) is 0 Å². The van der Waals surface area contributed by atoms with Gasteiger partial charge in [-0.3, -0.25) is 0 Å². The number of ether oxygens (including phenoxy) is 3. The molecule has 0 radical (unpaired) electrons. The lowest BCUT2D eigenvalue weighted by Gasteiger charge is -2.16. The van der Waals surface area contributed by atoms with Gasteiger partial charge in [0.2, 0.25) is 0 Å². The molecule has 0 saturated carbocycles. The van der Waals surface area contributed by atoms with Gasteiger partial charge in [0, 0.05) is 18.2 Å². The van der Waals surface area contributed by atoms with Gasteiger partial charge in [0.25, 0.3) is 0 Å². The molecule has 0 amide bonds. The number of methoxy groups -OCH3 is 2. The van der Waals surface area contributed by atoms with Crippen LogP contribution in [0.5, 0.6) is 11.5 Å². The van der Waals surface area contributed by atoms with Crippen molar-refractivity contribution in [1.82, 2.24) is 5.32 Å². The van der Waals surface area contributed by atoms with Crippen molar-refractivity contribution < 1.29 is 14.2 Å². The van der Waals surface area contributed by atoms with Crippen LogP contribution in [0.2, 0.25) is 0 Å². The molecule has 1 unspecified atom stereocenters. The molecule has 23 heavy (non-hydrogen) atoms. The summed E-state index contributed by atoms with van der Waals surface area (Å²) in [7, 11) is 3.34. The standard InChI is InChI=1S/C19H23NO3/c1-21-15-7-8-18(19(11-15)22-2)17-6-4-3-5-14(17)13-23-16-9-10-20-12-16/h3-8,11,16,20H,9-10,12-13H2,1-2H3. The zero-order valence-electron chi connectivity index (χ0n) is 13.7. The topological polar surface area (TPSA) is 39.7 Å². The third-order valence-corrected chi connectivity index (χ3v) is 4.21. The summed E-state index contributed by atoms with van der Waals surface area (Å²) in [5.41, 5.74) is 3.36. The second kappa shape index (κ2) is 7.49. The maximum Gasteiger partial charge on any atom is 0.130 e. The van der Waals surface area contributed by atoms with Crippen molar-refractivity contribution >= 4 is 0 Å². The van der Waals surface area contributed by atoms with E-state index < -0.39 is 0 Å². The minimum absolute atomic E-state index is 0.306. The molecule has 122 valence electrons. The first-order valence-electron chi connectivity index (χ1n) is 7.94. The van der Waals surface area contributed by atoms with Crippen LogP contribution < -0.4 is 14.8 Å². The lowest BCUT2D eigenvalue weighted by atomic mass is 9.99. The van der Waals surface area contributed by atoms with Crippen LogP contribution >= 0.6 is 0 Å². The fourth-order valence-electron chi connectivity index (χ4n) is 2.91. The van der Waals surface area contributed by atoms with Gasteiger partial charge in [-0.15, -0.1) is 0 Å². The van der Waals surface area contributed by atoms with Crippen LogP contribution in [-0.4, -0.2) is 33.4 Å². The predicted molar refractivity (Wildman–Crippen MR) is 91.0 cm³/mol. The molecule has 1 heterocycles. The quantitative estimate of drug-likeness (QED) is 0.888. The van der Waals surface area contributed by atoms with Crippen LogP contribution in [0.1, 0.15) is 12.0 Å². The van der Waals surface area contributed by atoms with Crippen molar-refractivity contribution in [3.63, 3.8) is 0 Å². The van der Waals surface area contributed by atoms with Crippen LogP contribution in [-0.2, 0) is 11.3 Å². The molecule has 1 aliphatic heterocycles. The van der Waals surface area contributed by atoms with E-state index in [2.05, 4.69) is 17.4 Å². The van der Waals surface area contributed by atoms with E-state index in [0.717, 1.165) is 42.1 Å². The number of nitrogens with one attached hydrogen (secondary N) is 1. The summed E-state index contributed by atoms with van der Waals surface area (Å²) < 4.78 is 16.9. The van der Waals surface area contributed by atoms with Crippen LogP contribution in [0.3, 0.4) is 0 Å². The molecule has 0 aliphatic carbocycles. The minimum atomic E-state index is 0.306. The zero-order chi connectivity index (χ0) is 16.1. The van der Waals surface area contributed by atoms with Crippen LogP contribution in [0.15, 0.2) is 42.5 Å². The Morgan fingerprint density at radius 3 is 2.65 bits per heavy atom. The third-order valence-electron chi connectivity index (χ3n) is 4.21. The molecule has 3 rings (SSSR count). The summed E-state index contributed by atoms with van der Waals surface area (Å²) in [4.78, 5) is 0. The van der Waals surface area contributed by atoms with Gasteiger partial charge in [-0.2, -0.15) is 0 Å². The highest BCUT2D eigenvalue weighted by Crippen LogP contribution is 2.35. The molecule has 1 saturated heterocycles. The van der Waals surface area contributed by atoms with Crippen molar-refractivity contribution in [2.75, 3.05) is 27.3 Å². The molecular formula is C19H23NO3. The molecule has 4 nitrogen and oxygen atoms in total. The summed E-state index contributed by atoms with van der Waals surface area (Å²) in [5.74, 6) is 1.59. The average molecular weight is 313 g/mol. The van der Waals surface area contributed by atoms with Crippen molar-refractivity contribution in [3.05, 3.63) is 48.0 Å². The number of rotatable bonds is 6. The van der Waals surface area contributed by atoms with Gasteiger partial charge in [-0.1, -0.05) is 24.3 Å². The van der Waals surface area contributed by atoms with Crippen molar-refractivity contribution in [2.45, 2.75) is 19.1 Å². The van der Waals surface area contributed by atoms with E-state index in [1.165, 1.54) is 5.56 Å². The van der Waals surface area contributed by atoms with Crippen LogP contribution in [0.25, 0.3) is 11.1 Å². The third kappa shape index (κ3) is 3.66. The zero-order valence-corrected chi connectivity index (χ0v) is 13.7. The first kappa shape index (κ1) is 15.8. The number of benzene rings is 2. The molecule has 1 N–H and O–H groups in total. The number of hydrogen-bond acceptors (Lipinski definition) is 4. The number of hydrogen-bond donors (Lipinski definition) is 1. The summed E-state index contributed by atoms with van der Waals surface area (Å²) in [6.45, 7) is 2.59. The van der Waals surface area contributed by atoms with E-state index >= 15 is 0 Å². The Balaban J connectivity index is 1.87. The summed E-state index contributed by atoms with van der Waals surface area (Å²) >= 11 is 0. The first-order chi connectivity index (χ1) is 11.3. The SMILES string of the molecule is COc1ccc(-c2ccccc2COC2CCNC2)c(OC)c1. The van der Waals surface area contributed by atoms with Gasteiger partial charge in [0.05, 0.1) is 26.9 Å². The van der Waals surface area contributed by atoms with Gasteiger partial charge in [0.15, 0.2) is 0 Å². The fourth-order valence-corrected chi connectivity index (χ4v) is 2.91. The molecule has 1 fully saturated rings. The Hall–Kier alpha value is -2.04. The summed E-state index contributed by atoms with van der Waals surface area (Å²) in [5, 5.41) is 3.33. The minimum Gasteiger partial charge on any atom is -0.497 e. The van der Waals surface area contributed by atoms with Crippen molar-refractivity contribution in [2.24, 2.45) is 0 Å². The van der Waals surface area contributed by atoms with E-state index in [1.807, 2.05) is 30.3 Å². The molecule has 2 aromatic rings. The van der Waals surface area contributed by atoms with Gasteiger partial charge in [0.1, 0.15) is 11.5 Å². The van der Waals surface area contributed by atoms with E-state index in [0.29, 0.717) is 12.7 Å². The normalized spacial score (nSPS) is 17.2. The summed E-state index contributed by atoms with van der Waals surface area (Å²) in [6, 6.07) is 14.2. The molecule has 1 atom stereocenters. The smallest absolute Gasteiger partial charge is 0.130 e. The predicted octanol–water partition coefficient (Wildman–Crippen LogP) is 3.25. The van der Waals surface area contributed by atoms with E-state index in [-0.39, 0.29) is 0 Å². The maximum absolute atomic E-state index is 6.04. The fraction of sp³-hybridized carbons (Fsp3) is 0.368. The Kier molecular flexibility index (Phi) is 5.16. The maximum atomic E-state index is 6.04. The van der Waals surface area contributed by atoms with E-state index in [9.17, 15) is 0 Å². The highest BCUT2D eigenvalue weighted by molar-refractivity contribution is 5.74. The van der Waals surface area contributed by atoms with E-state index in [1.54, 1.807) is 14.2 Å². The Labute approximate surface area is 137 Å². The lowest BCUT2D eigenvalue weighted by Crippen LogP contribution is -2.16. The molecule has 1 aliphatic rings. The molecular weight excluding hydrogens is 290 g/mol. The monoisotopic (exact) mass is 313 g/mol. The average Bonchev–Trinajstić information content (AvgIpc) is 3.13. The van der Waals surface area contributed by atoms with Crippen LogP contribution in [0.4, 0.5) is 0 Å². The highest BCUT2D eigenvalue weighted by Gasteiger charge is 2.16. The highest BCUT2D eigenvalue weighted by atomic mass is 16.5. The lowest BCUT2D eigenvalue weighted by molar-refractivity contribution is 0.0545. The second-order valence-corrected chi connectivity index (χ2v) is 5.65. The second-order valence-electron chi connectivity index (χ2n) is 5.65. The summed E-state index contributed by atoms with van der Waals surface area (Å²) in [6.07, 6.45) is 1.38. The Morgan fingerprint density at radius 2 is 1.91 bits per heavy atom. The van der Waals surface area contributed by atoms with Gasteiger partial charge in [-0.05, 0) is 36.2 Å². The van der Waals surface area contributed by atoms with E-state index in [4.69, 9.17) is 14.2 Å². The van der Waals surface area contributed by atoms with Gasteiger partial charge < -0.3 is 19.5 Å². The molecule has 0 bridgehead atoms. The van der Waals surface area contributed by atoms with Crippen molar-refractivity contribution in [3.8, 4) is 22.6 Å². The Bertz CT molecular complexity index is 651. The first-order valence-corrected chi connectivity index (χ1v) is 7.94.